The van der Waals surface area contributed by atoms with E-state index in [0.29, 0.717) is 6.54 Å². The number of amides is 1. The molecule has 0 saturated heterocycles. The first-order valence-electron chi connectivity index (χ1n) is 7.63. The minimum Gasteiger partial charge on any atom is -0.335 e. The summed E-state index contributed by atoms with van der Waals surface area (Å²) >= 11 is 5.97. The molecule has 0 saturated carbocycles. The average Bonchev–Trinajstić information content (AvgIpc) is 2.54. The average molecular weight is 316 g/mol. The first kappa shape index (κ1) is 15.1. The monoisotopic (exact) mass is 315 g/mol. The van der Waals surface area contributed by atoms with E-state index in [2.05, 4.69) is 18.2 Å². The Morgan fingerprint density at radius 1 is 1.14 bits per heavy atom. The lowest BCUT2D eigenvalue weighted by Gasteiger charge is -2.28. The van der Waals surface area contributed by atoms with Gasteiger partial charge in [-0.2, -0.15) is 0 Å². The zero-order valence-corrected chi connectivity index (χ0v) is 13.2. The molecule has 4 heteroatoms. The first-order chi connectivity index (χ1) is 10.7. The van der Waals surface area contributed by atoms with Gasteiger partial charge in [0, 0.05) is 23.7 Å². The fourth-order valence-corrected chi connectivity index (χ4v) is 3.08. The van der Waals surface area contributed by atoms with Crippen molar-refractivity contribution in [3.05, 3.63) is 70.2 Å². The third-order valence-electron chi connectivity index (χ3n) is 4.07. The minimum absolute atomic E-state index is 0.205. The summed E-state index contributed by atoms with van der Waals surface area (Å²) in [5.74, 6) is 0.205. The van der Waals surface area contributed by atoms with Gasteiger partial charge in [-0.15, -0.1) is 0 Å². The van der Waals surface area contributed by atoms with E-state index in [1.807, 2.05) is 40.5 Å². The van der Waals surface area contributed by atoms with Crippen molar-refractivity contribution in [1.82, 2.24) is 4.90 Å². The highest BCUT2D eigenvalue weighted by molar-refractivity contribution is 6.30. The summed E-state index contributed by atoms with van der Waals surface area (Å²) in [6.07, 6.45) is 0.955. The topological polar surface area (TPSA) is 36.9 Å². The van der Waals surface area contributed by atoms with Crippen LogP contribution < -0.4 is 5.32 Å². The van der Waals surface area contributed by atoms with E-state index < -0.39 is 0 Å². The van der Waals surface area contributed by atoms with E-state index in [0.717, 1.165) is 36.6 Å². The lowest BCUT2D eigenvalue weighted by atomic mass is 10.00. The molecule has 2 aromatic carbocycles. The summed E-state index contributed by atoms with van der Waals surface area (Å²) in [7, 11) is 0. The van der Waals surface area contributed by atoms with Crippen molar-refractivity contribution in [2.45, 2.75) is 19.5 Å². The number of rotatable bonds is 4. The molecule has 2 aromatic rings. The van der Waals surface area contributed by atoms with E-state index in [-0.39, 0.29) is 5.91 Å². The number of carbonyl (C=O) groups is 1. The normalized spacial score (nSPS) is 13.8. The molecule has 0 aromatic heterocycles. The summed E-state index contributed by atoms with van der Waals surface area (Å²) in [6, 6.07) is 16.2. The zero-order valence-electron chi connectivity index (χ0n) is 12.5. The van der Waals surface area contributed by atoms with Crippen LogP contribution in [0.1, 0.15) is 16.7 Å². The third kappa shape index (κ3) is 3.67. The Bertz CT molecular complexity index is 672. The molecule has 0 aliphatic carbocycles. The number of nitrogens with two attached hydrogens (primary N) is 1. The van der Waals surface area contributed by atoms with Crippen LogP contribution in [-0.2, 0) is 24.3 Å². The van der Waals surface area contributed by atoms with Gasteiger partial charge in [0.25, 0.3) is 5.91 Å². The van der Waals surface area contributed by atoms with Crippen molar-refractivity contribution in [2.24, 2.45) is 0 Å². The van der Waals surface area contributed by atoms with Crippen molar-refractivity contribution >= 4 is 17.5 Å². The van der Waals surface area contributed by atoms with Crippen molar-refractivity contribution in [3.8, 4) is 0 Å². The third-order valence-corrected chi connectivity index (χ3v) is 4.31. The molecule has 0 spiro atoms. The molecule has 3 nitrogen and oxygen atoms in total. The maximum atomic E-state index is 12.3. The fourth-order valence-electron chi connectivity index (χ4n) is 2.86. The molecular weight excluding hydrogens is 296 g/mol. The number of carbonyl (C=O) groups excluding carboxylic acids is 1. The second-order valence-corrected chi connectivity index (χ2v) is 6.10. The number of quaternary nitrogens is 1. The summed E-state index contributed by atoms with van der Waals surface area (Å²) in [5, 5.41) is 2.78. The second-order valence-electron chi connectivity index (χ2n) is 5.66. The van der Waals surface area contributed by atoms with Crippen molar-refractivity contribution < 1.29 is 10.1 Å². The van der Waals surface area contributed by atoms with Crippen molar-refractivity contribution in [2.75, 3.05) is 13.1 Å². The summed E-state index contributed by atoms with van der Waals surface area (Å²) < 4.78 is 0. The van der Waals surface area contributed by atoms with E-state index >= 15 is 0 Å². The first-order valence-corrected chi connectivity index (χ1v) is 8.01. The summed E-state index contributed by atoms with van der Waals surface area (Å²) in [4.78, 5) is 14.3. The Morgan fingerprint density at radius 2 is 1.95 bits per heavy atom. The predicted octanol–water partition coefficient (Wildman–Crippen LogP) is 1.99. The number of nitrogens with zero attached hydrogens (tertiary/aromatic N) is 1. The Labute approximate surface area is 135 Å². The number of fused-ring (bicyclic) bond motifs is 1. The highest BCUT2D eigenvalue weighted by Crippen LogP contribution is 2.18. The SMILES string of the molecule is O=C(C[NH2+]Cc1cccc(Cl)c1)N1CCc2ccccc2C1. The molecule has 0 atom stereocenters. The van der Waals surface area contributed by atoms with Gasteiger partial charge in [0.05, 0.1) is 0 Å². The van der Waals surface area contributed by atoms with Crippen LogP contribution in [0.25, 0.3) is 0 Å². The van der Waals surface area contributed by atoms with Crippen LogP contribution in [0.5, 0.6) is 0 Å². The molecule has 0 fully saturated rings. The number of halogens is 1. The molecule has 22 heavy (non-hydrogen) atoms. The van der Waals surface area contributed by atoms with Crippen LogP contribution in [0, 0.1) is 0 Å². The van der Waals surface area contributed by atoms with Crippen molar-refractivity contribution in [1.29, 1.82) is 0 Å². The van der Waals surface area contributed by atoms with Crippen LogP contribution in [-0.4, -0.2) is 23.9 Å². The van der Waals surface area contributed by atoms with Gasteiger partial charge < -0.3 is 10.2 Å². The van der Waals surface area contributed by atoms with Gasteiger partial charge in [-0.05, 0) is 29.7 Å². The quantitative estimate of drug-likeness (QED) is 0.920. The Morgan fingerprint density at radius 3 is 2.77 bits per heavy atom. The van der Waals surface area contributed by atoms with Crippen LogP contribution in [0.2, 0.25) is 5.02 Å². The smallest absolute Gasteiger partial charge is 0.278 e. The van der Waals surface area contributed by atoms with Crippen LogP contribution in [0.3, 0.4) is 0 Å². The maximum Gasteiger partial charge on any atom is 0.278 e. The Balaban J connectivity index is 1.51. The summed E-state index contributed by atoms with van der Waals surface area (Å²) in [5.41, 5.74) is 3.79. The molecule has 0 unspecified atom stereocenters. The Hall–Kier alpha value is -1.84. The molecule has 1 amide bonds. The van der Waals surface area contributed by atoms with Crippen LogP contribution in [0.15, 0.2) is 48.5 Å². The highest BCUT2D eigenvalue weighted by Gasteiger charge is 2.20. The van der Waals surface area contributed by atoms with Gasteiger partial charge in [-0.1, -0.05) is 48.0 Å². The second kappa shape index (κ2) is 6.95. The molecule has 1 aliphatic heterocycles. The van der Waals surface area contributed by atoms with Gasteiger partial charge in [0.1, 0.15) is 6.54 Å². The zero-order chi connectivity index (χ0) is 15.4. The molecule has 2 N–H and O–H groups in total. The van der Waals surface area contributed by atoms with E-state index in [1.165, 1.54) is 11.1 Å². The molecule has 1 aliphatic rings. The largest absolute Gasteiger partial charge is 0.335 e. The van der Waals surface area contributed by atoms with Gasteiger partial charge in [0.15, 0.2) is 6.54 Å². The van der Waals surface area contributed by atoms with Crippen molar-refractivity contribution in [3.63, 3.8) is 0 Å². The number of hydrogen-bond donors (Lipinski definition) is 1. The van der Waals surface area contributed by atoms with E-state index in [4.69, 9.17) is 11.6 Å². The standard InChI is InChI=1S/C18H19ClN2O/c19-17-7-3-4-14(10-17)11-20-12-18(22)21-9-8-15-5-1-2-6-16(15)13-21/h1-7,10,20H,8-9,11-13H2/p+1. The summed E-state index contributed by atoms with van der Waals surface area (Å²) in [6.45, 7) is 2.81. The van der Waals surface area contributed by atoms with E-state index in [1.54, 1.807) is 0 Å². The highest BCUT2D eigenvalue weighted by atomic mass is 35.5. The van der Waals surface area contributed by atoms with Gasteiger partial charge >= 0.3 is 0 Å². The van der Waals surface area contributed by atoms with Crippen LogP contribution >= 0.6 is 11.6 Å². The van der Waals surface area contributed by atoms with Gasteiger partial charge in [0.2, 0.25) is 0 Å². The van der Waals surface area contributed by atoms with Gasteiger partial charge in [-0.25, -0.2) is 0 Å². The van der Waals surface area contributed by atoms with Gasteiger partial charge in [-0.3, -0.25) is 4.79 Å². The van der Waals surface area contributed by atoms with Crippen LogP contribution in [0.4, 0.5) is 0 Å². The lowest BCUT2D eigenvalue weighted by molar-refractivity contribution is -0.660. The molecule has 3 rings (SSSR count). The molecule has 0 radical (unpaired) electrons. The number of hydrogen-bond acceptors (Lipinski definition) is 1. The molecular formula is C18H20ClN2O+. The number of benzene rings is 2. The molecule has 1 heterocycles. The molecule has 114 valence electrons. The maximum absolute atomic E-state index is 12.3. The fraction of sp³-hybridized carbons (Fsp3) is 0.278. The lowest BCUT2D eigenvalue weighted by Crippen LogP contribution is -2.85. The minimum atomic E-state index is 0.205. The van der Waals surface area contributed by atoms with E-state index in [9.17, 15) is 4.79 Å². The molecule has 0 bridgehead atoms. The Kier molecular flexibility index (Phi) is 4.76. The predicted molar refractivity (Wildman–Crippen MR) is 87.5 cm³/mol.